The molecule has 4 heteroatoms. The number of hydrogen-bond donors (Lipinski definition) is 2. The molecule has 1 aromatic rings. The van der Waals surface area contributed by atoms with E-state index in [1.54, 1.807) is 31.6 Å². The van der Waals surface area contributed by atoms with Crippen molar-refractivity contribution >= 4 is 5.97 Å². The molecule has 70 valence electrons. The Kier molecular flexibility index (Phi) is 3.40. The number of likely N-dealkylation sites (N-methyl/N-ethyl adjacent to an activating group) is 1. The van der Waals surface area contributed by atoms with Gasteiger partial charge >= 0.3 is 5.97 Å². The molecule has 1 unspecified atom stereocenters. The van der Waals surface area contributed by atoms with Gasteiger partial charge in [0, 0.05) is 18.9 Å². The number of nitrogens with zero attached hydrogens (tertiary/aromatic N) is 1. The summed E-state index contributed by atoms with van der Waals surface area (Å²) >= 11 is 0. The van der Waals surface area contributed by atoms with E-state index in [4.69, 9.17) is 5.11 Å². The monoisotopic (exact) mass is 180 g/mol. The smallest absolute Gasteiger partial charge is 0.312 e. The number of nitrogens with one attached hydrogen (secondary N) is 1. The normalized spacial score (nSPS) is 12.4. The zero-order chi connectivity index (χ0) is 9.68. The van der Waals surface area contributed by atoms with Gasteiger partial charge in [0.1, 0.15) is 0 Å². The van der Waals surface area contributed by atoms with Crippen molar-refractivity contribution in [2.75, 3.05) is 13.6 Å². The zero-order valence-electron chi connectivity index (χ0n) is 7.40. The fourth-order valence-corrected chi connectivity index (χ4v) is 1.15. The SMILES string of the molecule is CNCC(C(=O)O)c1ccncc1. The first-order valence-corrected chi connectivity index (χ1v) is 4.03. The first-order chi connectivity index (χ1) is 6.25. The van der Waals surface area contributed by atoms with Crippen LogP contribution in [0.3, 0.4) is 0 Å². The van der Waals surface area contributed by atoms with E-state index in [-0.39, 0.29) is 0 Å². The Hall–Kier alpha value is -1.42. The van der Waals surface area contributed by atoms with Crippen LogP contribution in [-0.2, 0) is 4.79 Å². The van der Waals surface area contributed by atoms with E-state index >= 15 is 0 Å². The van der Waals surface area contributed by atoms with Crippen molar-refractivity contribution in [2.24, 2.45) is 0 Å². The second kappa shape index (κ2) is 4.57. The minimum absolute atomic E-state index is 0.430. The number of aromatic nitrogens is 1. The van der Waals surface area contributed by atoms with Crippen molar-refractivity contribution in [3.05, 3.63) is 30.1 Å². The van der Waals surface area contributed by atoms with Crippen LogP contribution in [0, 0.1) is 0 Å². The second-order valence-electron chi connectivity index (χ2n) is 2.73. The number of rotatable bonds is 4. The first-order valence-electron chi connectivity index (χ1n) is 4.03. The quantitative estimate of drug-likeness (QED) is 0.707. The summed E-state index contributed by atoms with van der Waals surface area (Å²) in [5.74, 6) is -1.31. The second-order valence-corrected chi connectivity index (χ2v) is 2.73. The molecule has 1 atom stereocenters. The number of aliphatic carboxylic acids is 1. The van der Waals surface area contributed by atoms with Gasteiger partial charge in [-0.25, -0.2) is 0 Å². The molecule has 2 N–H and O–H groups in total. The Morgan fingerprint density at radius 1 is 1.62 bits per heavy atom. The standard InChI is InChI=1S/C9H12N2O2/c1-10-6-8(9(12)13)7-2-4-11-5-3-7/h2-5,8,10H,6H2,1H3,(H,12,13). The molecule has 13 heavy (non-hydrogen) atoms. The van der Waals surface area contributed by atoms with E-state index in [0.717, 1.165) is 5.56 Å². The third-order valence-corrected chi connectivity index (χ3v) is 1.81. The van der Waals surface area contributed by atoms with Gasteiger partial charge in [0.2, 0.25) is 0 Å². The predicted octanol–water partition coefficient (Wildman–Crippen LogP) is 0.469. The summed E-state index contributed by atoms with van der Waals surface area (Å²) in [6.45, 7) is 0.430. The average molecular weight is 180 g/mol. The highest BCUT2D eigenvalue weighted by atomic mass is 16.4. The van der Waals surface area contributed by atoms with Gasteiger partial charge in [0.15, 0.2) is 0 Å². The predicted molar refractivity (Wildman–Crippen MR) is 48.5 cm³/mol. The molecule has 4 nitrogen and oxygen atoms in total. The molecule has 0 aliphatic rings. The lowest BCUT2D eigenvalue weighted by Gasteiger charge is -2.10. The molecule has 0 bridgehead atoms. The van der Waals surface area contributed by atoms with Crippen molar-refractivity contribution < 1.29 is 9.90 Å². The number of pyridine rings is 1. The summed E-state index contributed by atoms with van der Waals surface area (Å²) in [6.07, 6.45) is 3.20. The van der Waals surface area contributed by atoms with E-state index in [1.165, 1.54) is 0 Å². The Balaban J connectivity index is 2.82. The van der Waals surface area contributed by atoms with E-state index in [1.807, 2.05) is 0 Å². The summed E-state index contributed by atoms with van der Waals surface area (Å²) in [6, 6.07) is 3.44. The number of carbonyl (C=O) groups is 1. The van der Waals surface area contributed by atoms with Crippen molar-refractivity contribution in [2.45, 2.75) is 5.92 Å². The Bertz CT molecular complexity index is 274. The number of hydrogen-bond acceptors (Lipinski definition) is 3. The minimum atomic E-state index is -0.819. The summed E-state index contributed by atoms with van der Waals surface area (Å²) < 4.78 is 0. The lowest BCUT2D eigenvalue weighted by atomic mass is 10.0. The van der Waals surface area contributed by atoms with Crippen LogP contribution < -0.4 is 5.32 Å². The van der Waals surface area contributed by atoms with Gasteiger partial charge in [0.05, 0.1) is 5.92 Å². The maximum atomic E-state index is 10.8. The van der Waals surface area contributed by atoms with Crippen molar-refractivity contribution in [3.8, 4) is 0 Å². The number of carboxylic acid groups (broad SMARTS) is 1. The van der Waals surface area contributed by atoms with Gasteiger partial charge in [0.25, 0.3) is 0 Å². The highest BCUT2D eigenvalue weighted by Gasteiger charge is 2.17. The van der Waals surface area contributed by atoms with Crippen LogP contribution in [0.25, 0.3) is 0 Å². The largest absolute Gasteiger partial charge is 0.481 e. The summed E-state index contributed by atoms with van der Waals surface area (Å²) in [7, 11) is 1.73. The van der Waals surface area contributed by atoms with E-state index < -0.39 is 11.9 Å². The minimum Gasteiger partial charge on any atom is -0.481 e. The van der Waals surface area contributed by atoms with Crippen LogP contribution in [-0.4, -0.2) is 29.7 Å². The molecular formula is C9H12N2O2. The maximum absolute atomic E-state index is 10.8. The summed E-state index contributed by atoms with van der Waals surface area (Å²) in [4.78, 5) is 14.7. The molecule has 0 saturated carbocycles. The van der Waals surface area contributed by atoms with Crippen LogP contribution in [0.4, 0.5) is 0 Å². The van der Waals surface area contributed by atoms with Crippen LogP contribution in [0.2, 0.25) is 0 Å². The molecule has 0 radical (unpaired) electrons. The van der Waals surface area contributed by atoms with Crippen LogP contribution in [0.1, 0.15) is 11.5 Å². The molecule has 0 fully saturated rings. The molecule has 0 aliphatic carbocycles. The van der Waals surface area contributed by atoms with Gasteiger partial charge in [-0.1, -0.05) is 0 Å². The lowest BCUT2D eigenvalue weighted by Crippen LogP contribution is -2.23. The topological polar surface area (TPSA) is 62.2 Å². The highest BCUT2D eigenvalue weighted by molar-refractivity contribution is 5.76. The lowest BCUT2D eigenvalue weighted by molar-refractivity contribution is -0.138. The molecule has 0 saturated heterocycles. The van der Waals surface area contributed by atoms with Crippen LogP contribution >= 0.6 is 0 Å². The molecule has 0 spiro atoms. The third-order valence-electron chi connectivity index (χ3n) is 1.81. The van der Waals surface area contributed by atoms with E-state index in [0.29, 0.717) is 6.54 Å². The zero-order valence-corrected chi connectivity index (χ0v) is 7.40. The molecule has 0 aliphatic heterocycles. The Labute approximate surface area is 76.6 Å². The maximum Gasteiger partial charge on any atom is 0.312 e. The molecule has 0 amide bonds. The van der Waals surface area contributed by atoms with Gasteiger partial charge in [-0.05, 0) is 24.7 Å². The average Bonchev–Trinajstić information content (AvgIpc) is 2.15. The molecule has 0 aromatic carbocycles. The van der Waals surface area contributed by atoms with Gasteiger partial charge in [-0.2, -0.15) is 0 Å². The fourth-order valence-electron chi connectivity index (χ4n) is 1.15. The summed E-state index contributed by atoms with van der Waals surface area (Å²) in [5.41, 5.74) is 0.775. The molecule has 1 heterocycles. The Morgan fingerprint density at radius 2 is 2.23 bits per heavy atom. The Morgan fingerprint density at radius 3 is 2.69 bits per heavy atom. The van der Waals surface area contributed by atoms with Gasteiger partial charge in [-0.15, -0.1) is 0 Å². The van der Waals surface area contributed by atoms with Crippen LogP contribution in [0.15, 0.2) is 24.5 Å². The molecule has 1 aromatic heterocycles. The third kappa shape index (κ3) is 2.52. The van der Waals surface area contributed by atoms with Gasteiger partial charge < -0.3 is 10.4 Å². The van der Waals surface area contributed by atoms with Crippen LogP contribution in [0.5, 0.6) is 0 Å². The first kappa shape index (κ1) is 9.67. The highest BCUT2D eigenvalue weighted by Crippen LogP contribution is 2.13. The number of carboxylic acids is 1. The van der Waals surface area contributed by atoms with E-state index in [2.05, 4.69) is 10.3 Å². The summed E-state index contributed by atoms with van der Waals surface area (Å²) in [5, 5.41) is 11.7. The van der Waals surface area contributed by atoms with E-state index in [9.17, 15) is 4.79 Å². The van der Waals surface area contributed by atoms with Crippen molar-refractivity contribution in [3.63, 3.8) is 0 Å². The van der Waals surface area contributed by atoms with Gasteiger partial charge in [-0.3, -0.25) is 9.78 Å². The fraction of sp³-hybridized carbons (Fsp3) is 0.333. The van der Waals surface area contributed by atoms with Crippen molar-refractivity contribution in [1.82, 2.24) is 10.3 Å². The molecular weight excluding hydrogens is 168 g/mol. The molecule has 1 rings (SSSR count). The van der Waals surface area contributed by atoms with Crippen molar-refractivity contribution in [1.29, 1.82) is 0 Å².